The molecule has 3 aliphatic heterocycles. The molecule has 3 aliphatic rings. The number of nitrogens with one attached hydrogen (secondary N) is 1. The van der Waals surface area contributed by atoms with Crippen molar-refractivity contribution in [3.05, 3.63) is 35.4 Å². The molecule has 1 aromatic rings. The van der Waals surface area contributed by atoms with Crippen molar-refractivity contribution < 1.29 is 22.8 Å². The molecule has 0 aromatic heterocycles. The standard InChI is InChI=1S/C22H30F3N5O2/c1-27-11-7-21(8-12-27)19(31)30(20(32)26-21)16-29-10-2-9-28(13-14-29)15-17-3-5-18(6-4-17)22(23,24)25/h3-6H,2,7-16H2,1H3,(H,26,32). The van der Waals surface area contributed by atoms with Crippen LogP contribution in [0.3, 0.4) is 0 Å². The Kier molecular flexibility index (Phi) is 6.46. The summed E-state index contributed by atoms with van der Waals surface area (Å²) in [6, 6.07) is 4.98. The van der Waals surface area contributed by atoms with Crippen molar-refractivity contribution in [1.29, 1.82) is 0 Å². The van der Waals surface area contributed by atoms with Gasteiger partial charge >= 0.3 is 12.2 Å². The average molecular weight is 454 g/mol. The van der Waals surface area contributed by atoms with Crippen molar-refractivity contribution >= 4 is 11.9 Å². The van der Waals surface area contributed by atoms with Crippen LogP contribution < -0.4 is 5.32 Å². The van der Waals surface area contributed by atoms with E-state index in [0.717, 1.165) is 56.8 Å². The zero-order chi connectivity index (χ0) is 22.9. The third-order valence-electron chi connectivity index (χ3n) is 6.80. The van der Waals surface area contributed by atoms with Gasteiger partial charge in [-0.2, -0.15) is 13.2 Å². The Bertz CT molecular complexity index is 837. The number of carbonyl (C=O) groups excluding carboxylic acids is 2. The van der Waals surface area contributed by atoms with Crippen molar-refractivity contribution in [2.75, 3.05) is 53.0 Å². The maximum atomic E-state index is 13.1. The van der Waals surface area contributed by atoms with E-state index in [1.54, 1.807) is 0 Å². The Morgan fingerprint density at radius 1 is 0.938 bits per heavy atom. The molecule has 3 saturated heterocycles. The number of halogens is 3. The van der Waals surface area contributed by atoms with Gasteiger partial charge in [-0.25, -0.2) is 9.69 Å². The first-order chi connectivity index (χ1) is 15.2. The van der Waals surface area contributed by atoms with Gasteiger partial charge in [-0.15, -0.1) is 0 Å². The Morgan fingerprint density at radius 3 is 2.22 bits per heavy atom. The third-order valence-corrected chi connectivity index (χ3v) is 6.80. The second-order valence-electron chi connectivity index (χ2n) is 9.13. The summed E-state index contributed by atoms with van der Waals surface area (Å²) in [6.45, 7) is 5.39. The summed E-state index contributed by atoms with van der Waals surface area (Å²) in [5, 5.41) is 2.95. The Hall–Kier alpha value is -2.17. The van der Waals surface area contributed by atoms with Crippen LogP contribution in [0.15, 0.2) is 24.3 Å². The van der Waals surface area contributed by atoms with Gasteiger partial charge in [0.25, 0.3) is 5.91 Å². The number of amides is 3. The van der Waals surface area contributed by atoms with Crippen LogP contribution in [0.25, 0.3) is 0 Å². The summed E-state index contributed by atoms with van der Waals surface area (Å²) < 4.78 is 38.3. The van der Waals surface area contributed by atoms with E-state index in [1.807, 2.05) is 7.05 Å². The monoisotopic (exact) mass is 453 g/mol. The lowest BCUT2D eigenvalue weighted by molar-refractivity contribution is -0.137. The number of likely N-dealkylation sites (tertiary alicyclic amines) is 1. The van der Waals surface area contributed by atoms with Crippen molar-refractivity contribution in [3.8, 4) is 0 Å². The summed E-state index contributed by atoms with van der Waals surface area (Å²) in [7, 11) is 2.01. The van der Waals surface area contributed by atoms with E-state index < -0.39 is 17.3 Å². The maximum absolute atomic E-state index is 13.1. The summed E-state index contributed by atoms with van der Waals surface area (Å²) in [5.74, 6) is -0.124. The Balaban J connectivity index is 1.31. The smallest absolute Gasteiger partial charge is 0.323 e. The first kappa shape index (κ1) is 23.0. The fraction of sp³-hybridized carbons (Fsp3) is 0.636. The molecule has 4 rings (SSSR count). The van der Waals surface area contributed by atoms with Gasteiger partial charge < -0.3 is 10.2 Å². The summed E-state index contributed by atoms with van der Waals surface area (Å²) >= 11 is 0. The first-order valence-electron chi connectivity index (χ1n) is 11.1. The van der Waals surface area contributed by atoms with Crippen LogP contribution in [0.5, 0.6) is 0 Å². The SMILES string of the molecule is CN1CCC2(CC1)NC(=O)N(CN1CCCN(Cc3ccc(C(F)(F)F)cc3)CC1)C2=O. The molecule has 3 amide bonds. The maximum Gasteiger partial charge on any atom is 0.416 e. The molecule has 7 nitrogen and oxygen atoms in total. The molecule has 1 aromatic carbocycles. The molecule has 32 heavy (non-hydrogen) atoms. The van der Waals surface area contributed by atoms with E-state index in [2.05, 4.69) is 20.0 Å². The molecule has 0 saturated carbocycles. The highest BCUT2D eigenvalue weighted by Crippen LogP contribution is 2.30. The number of piperidine rings is 1. The number of benzene rings is 1. The molecule has 0 aliphatic carbocycles. The molecular formula is C22H30F3N5O2. The van der Waals surface area contributed by atoms with Gasteiger partial charge in [-0.1, -0.05) is 12.1 Å². The van der Waals surface area contributed by atoms with Crippen LogP contribution in [0.4, 0.5) is 18.0 Å². The largest absolute Gasteiger partial charge is 0.416 e. The summed E-state index contributed by atoms with van der Waals surface area (Å²) in [4.78, 5) is 33.5. The minimum Gasteiger partial charge on any atom is -0.323 e. The van der Waals surface area contributed by atoms with Gasteiger partial charge in [-0.3, -0.25) is 14.6 Å². The van der Waals surface area contributed by atoms with E-state index >= 15 is 0 Å². The quantitative estimate of drug-likeness (QED) is 0.709. The van der Waals surface area contributed by atoms with Gasteiger partial charge in [0.15, 0.2) is 0 Å². The van der Waals surface area contributed by atoms with E-state index in [0.29, 0.717) is 25.9 Å². The highest BCUT2D eigenvalue weighted by molar-refractivity contribution is 6.07. The van der Waals surface area contributed by atoms with Crippen molar-refractivity contribution in [3.63, 3.8) is 0 Å². The van der Waals surface area contributed by atoms with Gasteiger partial charge in [0.1, 0.15) is 5.54 Å². The lowest BCUT2D eigenvalue weighted by atomic mass is 9.88. The number of nitrogens with zero attached hydrogens (tertiary/aromatic N) is 4. The predicted molar refractivity (Wildman–Crippen MR) is 113 cm³/mol. The number of hydrogen-bond donors (Lipinski definition) is 1. The number of carbonyl (C=O) groups is 2. The van der Waals surface area contributed by atoms with Crippen LogP contribution in [-0.4, -0.2) is 90.1 Å². The lowest BCUT2D eigenvalue weighted by Crippen LogP contribution is -2.54. The number of urea groups is 1. The fourth-order valence-corrected chi connectivity index (χ4v) is 4.73. The number of imide groups is 1. The highest BCUT2D eigenvalue weighted by Gasteiger charge is 2.52. The van der Waals surface area contributed by atoms with Crippen LogP contribution in [0, 0.1) is 0 Å². The molecule has 0 unspecified atom stereocenters. The molecule has 1 N–H and O–H groups in total. The molecular weight excluding hydrogens is 423 g/mol. The average Bonchev–Trinajstić information content (AvgIpc) is 2.88. The molecule has 3 heterocycles. The van der Waals surface area contributed by atoms with E-state index in [4.69, 9.17) is 0 Å². The topological polar surface area (TPSA) is 59.1 Å². The summed E-state index contributed by atoms with van der Waals surface area (Å²) in [5.41, 5.74) is -0.562. The van der Waals surface area contributed by atoms with Crippen molar-refractivity contribution in [1.82, 2.24) is 24.9 Å². The fourth-order valence-electron chi connectivity index (χ4n) is 4.73. The molecule has 10 heteroatoms. The molecule has 176 valence electrons. The molecule has 1 spiro atoms. The minimum atomic E-state index is -4.33. The highest BCUT2D eigenvalue weighted by atomic mass is 19.4. The first-order valence-corrected chi connectivity index (χ1v) is 11.1. The molecule has 0 radical (unpaired) electrons. The Labute approximate surface area is 186 Å². The molecule has 0 bridgehead atoms. The van der Waals surface area contributed by atoms with Crippen molar-refractivity contribution in [2.24, 2.45) is 0 Å². The van der Waals surface area contributed by atoms with Gasteiger partial charge in [0, 0.05) is 39.3 Å². The van der Waals surface area contributed by atoms with Crippen LogP contribution in [0.1, 0.15) is 30.4 Å². The predicted octanol–water partition coefficient (Wildman–Crippen LogP) is 2.19. The second kappa shape index (κ2) is 8.99. The van der Waals surface area contributed by atoms with Gasteiger partial charge in [-0.05, 0) is 50.6 Å². The Morgan fingerprint density at radius 2 is 1.56 bits per heavy atom. The van der Waals surface area contributed by atoms with E-state index in [1.165, 1.54) is 17.0 Å². The molecule has 0 atom stereocenters. The zero-order valence-corrected chi connectivity index (χ0v) is 18.3. The van der Waals surface area contributed by atoms with E-state index in [-0.39, 0.29) is 18.6 Å². The molecule has 3 fully saturated rings. The summed E-state index contributed by atoms with van der Waals surface area (Å²) in [6.07, 6.45) is -2.20. The lowest BCUT2D eigenvalue weighted by Gasteiger charge is -2.35. The number of rotatable bonds is 4. The van der Waals surface area contributed by atoms with Gasteiger partial charge in [0.2, 0.25) is 0 Å². The number of hydrogen-bond acceptors (Lipinski definition) is 5. The zero-order valence-electron chi connectivity index (χ0n) is 18.3. The van der Waals surface area contributed by atoms with Crippen LogP contribution in [-0.2, 0) is 17.5 Å². The minimum absolute atomic E-state index is 0.124. The van der Waals surface area contributed by atoms with Crippen LogP contribution >= 0.6 is 0 Å². The third kappa shape index (κ3) is 4.92. The number of alkyl halides is 3. The van der Waals surface area contributed by atoms with Crippen LogP contribution in [0.2, 0.25) is 0 Å². The second-order valence-corrected chi connectivity index (χ2v) is 9.13. The van der Waals surface area contributed by atoms with Crippen molar-refractivity contribution in [2.45, 2.75) is 37.5 Å². The van der Waals surface area contributed by atoms with E-state index in [9.17, 15) is 22.8 Å². The normalized spacial score (nSPS) is 23.6. The van der Waals surface area contributed by atoms with Gasteiger partial charge in [0.05, 0.1) is 12.2 Å².